The zero-order chi connectivity index (χ0) is 15.4. The Morgan fingerprint density at radius 3 is 2.45 bits per heavy atom. The molecule has 0 bridgehead atoms. The zero-order valence-corrected chi connectivity index (χ0v) is 12.8. The van der Waals surface area contributed by atoms with Crippen LogP contribution in [0.3, 0.4) is 0 Å². The van der Waals surface area contributed by atoms with E-state index in [-0.39, 0.29) is 6.54 Å². The van der Waals surface area contributed by atoms with Crippen LogP contribution in [0.4, 0.5) is 4.79 Å². The van der Waals surface area contributed by atoms with Gasteiger partial charge in [0, 0.05) is 6.54 Å². The standard InChI is InChI=1S/C16H23NO3/c1-12-7-6-8-13(9-12)16(5,11-18)10-17-14(19)20-15(2,3)4/h6-9,11H,10H2,1-5H3,(H,17,19). The van der Waals surface area contributed by atoms with E-state index in [0.29, 0.717) is 0 Å². The first-order chi connectivity index (χ1) is 9.16. The van der Waals surface area contributed by atoms with Crippen LogP contribution in [-0.2, 0) is 14.9 Å². The number of aldehydes is 1. The van der Waals surface area contributed by atoms with Crippen LogP contribution in [0, 0.1) is 6.92 Å². The molecule has 0 heterocycles. The minimum absolute atomic E-state index is 0.203. The number of hydrogen-bond donors (Lipinski definition) is 1. The molecule has 1 aromatic rings. The summed E-state index contributed by atoms with van der Waals surface area (Å²) in [6, 6.07) is 7.71. The van der Waals surface area contributed by atoms with Crippen LogP contribution in [0.15, 0.2) is 24.3 Å². The van der Waals surface area contributed by atoms with Crippen molar-refractivity contribution in [2.45, 2.75) is 45.6 Å². The van der Waals surface area contributed by atoms with Crippen molar-refractivity contribution in [1.29, 1.82) is 0 Å². The SMILES string of the molecule is Cc1cccc(C(C)(C=O)CNC(=O)OC(C)(C)C)c1. The quantitative estimate of drug-likeness (QED) is 0.861. The molecule has 0 aliphatic carbocycles. The average Bonchev–Trinajstić information content (AvgIpc) is 2.34. The Morgan fingerprint density at radius 1 is 1.30 bits per heavy atom. The predicted octanol–water partition coefficient (Wildman–Crippen LogP) is 2.98. The predicted molar refractivity (Wildman–Crippen MR) is 78.8 cm³/mol. The van der Waals surface area contributed by atoms with Crippen LogP contribution in [0.1, 0.15) is 38.8 Å². The van der Waals surface area contributed by atoms with Gasteiger partial charge in [0.1, 0.15) is 11.9 Å². The van der Waals surface area contributed by atoms with Crippen molar-refractivity contribution in [2.75, 3.05) is 6.54 Å². The van der Waals surface area contributed by atoms with Crippen LogP contribution < -0.4 is 5.32 Å². The van der Waals surface area contributed by atoms with Crippen molar-refractivity contribution in [3.63, 3.8) is 0 Å². The van der Waals surface area contributed by atoms with Crippen LogP contribution in [0.25, 0.3) is 0 Å². The third kappa shape index (κ3) is 4.68. The molecular weight excluding hydrogens is 254 g/mol. The highest BCUT2D eigenvalue weighted by Gasteiger charge is 2.28. The van der Waals surface area contributed by atoms with Gasteiger partial charge in [-0.2, -0.15) is 0 Å². The molecule has 1 N–H and O–H groups in total. The topological polar surface area (TPSA) is 55.4 Å². The number of aryl methyl sites for hydroxylation is 1. The molecular formula is C16H23NO3. The van der Waals surface area contributed by atoms with Gasteiger partial charge in [-0.15, -0.1) is 0 Å². The molecule has 1 rings (SSSR count). The maximum absolute atomic E-state index is 11.7. The lowest BCUT2D eigenvalue weighted by Gasteiger charge is -2.26. The van der Waals surface area contributed by atoms with Gasteiger partial charge in [0.2, 0.25) is 0 Å². The minimum Gasteiger partial charge on any atom is -0.444 e. The Labute approximate surface area is 120 Å². The van der Waals surface area contributed by atoms with E-state index in [1.807, 2.05) is 31.2 Å². The van der Waals surface area contributed by atoms with E-state index in [9.17, 15) is 9.59 Å². The maximum atomic E-state index is 11.7. The maximum Gasteiger partial charge on any atom is 0.407 e. The smallest absolute Gasteiger partial charge is 0.407 e. The molecule has 1 aromatic carbocycles. The average molecular weight is 277 g/mol. The number of ether oxygens (including phenoxy) is 1. The molecule has 4 heteroatoms. The molecule has 0 aliphatic rings. The zero-order valence-electron chi connectivity index (χ0n) is 12.8. The van der Waals surface area contributed by atoms with Crippen molar-refractivity contribution < 1.29 is 14.3 Å². The normalized spacial score (nSPS) is 14.2. The molecule has 0 fully saturated rings. The van der Waals surface area contributed by atoms with Crippen molar-refractivity contribution in [3.05, 3.63) is 35.4 Å². The minimum atomic E-state index is -0.761. The number of hydrogen-bond acceptors (Lipinski definition) is 3. The summed E-state index contributed by atoms with van der Waals surface area (Å²) in [4.78, 5) is 23.1. The van der Waals surface area contributed by atoms with Crippen LogP contribution in [0.2, 0.25) is 0 Å². The third-order valence-electron chi connectivity index (χ3n) is 2.94. The van der Waals surface area contributed by atoms with Crippen molar-refractivity contribution in [2.24, 2.45) is 0 Å². The van der Waals surface area contributed by atoms with Gasteiger partial charge in [-0.1, -0.05) is 29.8 Å². The first-order valence-corrected chi connectivity index (χ1v) is 6.67. The van der Waals surface area contributed by atoms with Crippen molar-refractivity contribution >= 4 is 12.4 Å². The molecule has 20 heavy (non-hydrogen) atoms. The number of alkyl carbamates (subject to hydrolysis) is 1. The molecule has 1 amide bonds. The fourth-order valence-electron chi connectivity index (χ4n) is 1.78. The Hall–Kier alpha value is -1.84. The monoisotopic (exact) mass is 277 g/mol. The third-order valence-corrected chi connectivity index (χ3v) is 2.94. The summed E-state index contributed by atoms with van der Waals surface area (Å²) in [5.41, 5.74) is 0.643. The molecule has 0 saturated heterocycles. The second-order valence-electron chi connectivity index (χ2n) is 6.26. The van der Waals surface area contributed by atoms with Crippen molar-refractivity contribution in [1.82, 2.24) is 5.32 Å². The number of amides is 1. The Balaban J connectivity index is 2.76. The Morgan fingerprint density at radius 2 is 1.95 bits per heavy atom. The number of carbonyl (C=O) groups excluding carboxylic acids is 2. The van der Waals surface area contributed by atoms with E-state index >= 15 is 0 Å². The number of carbonyl (C=O) groups is 2. The Kier molecular flexibility index (Phi) is 4.93. The van der Waals surface area contributed by atoms with Gasteiger partial charge in [-0.3, -0.25) is 0 Å². The fourth-order valence-corrected chi connectivity index (χ4v) is 1.78. The molecule has 0 saturated carbocycles. The van der Waals surface area contributed by atoms with Gasteiger partial charge < -0.3 is 14.8 Å². The van der Waals surface area contributed by atoms with E-state index in [0.717, 1.165) is 17.4 Å². The number of rotatable bonds is 4. The van der Waals surface area contributed by atoms with E-state index in [4.69, 9.17) is 4.74 Å². The molecule has 0 aromatic heterocycles. The van der Waals surface area contributed by atoms with Gasteiger partial charge in [0.15, 0.2) is 0 Å². The van der Waals surface area contributed by atoms with E-state index in [1.54, 1.807) is 27.7 Å². The molecule has 1 unspecified atom stereocenters. The molecule has 110 valence electrons. The fraction of sp³-hybridized carbons (Fsp3) is 0.500. The summed E-state index contributed by atoms with van der Waals surface area (Å²) < 4.78 is 5.17. The molecule has 1 atom stereocenters. The summed E-state index contributed by atoms with van der Waals surface area (Å²) in [5.74, 6) is 0. The highest BCUT2D eigenvalue weighted by molar-refractivity contribution is 5.72. The summed E-state index contributed by atoms with van der Waals surface area (Å²) in [7, 11) is 0. The Bertz CT molecular complexity index is 491. The summed E-state index contributed by atoms with van der Waals surface area (Å²) in [6.45, 7) is 9.36. The van der Waals surface area contributed by atoms with Crippen LogP contribution in [0.5, 0.6) is 0 Å². The summed E-state index contributed by atoms with van der Waals surface area (Å²) >= 11 is 0. The van der Waals surface area contributed by atoms with Gasteiger partial charge in [0.05, 0.1) is 5.41 Å². The van der Waals surface area contributed by atoms with Crippen LogP contribution >= 0.6 is 0 Å². The molecule has 0 spiro atoms. The van der Waals surface area contributed by atoms with E-state index in [2.05, 4.69) is 5.32 Å². The highest BCUT2D eigenvalue weighted by Crippen LogP contribution is 2.21. The molecule has 0 aliphatic heterocycles. The first kappa shape index (κ1) is 16.2. The number of benzene rings is 1. The van der Waals surface area contributed by atoms with Gasteiger partial charge >= 0.3 is 6.09 Å². The van der Waals surface area contributed by atoms with Crippen molar-refractivity contribution in [3.8, 4) is 0 Å². The lowest BCUT2D eigenvalue weighted by atomic mass is 9.83. The lowest BCUT2D eigenvalue weighted by molar-refractivity contribution is -0.112. The van der Waals surface area contributed by atoms with E-state index < -0.39 is 17.1 Å². The van der Waals surface area contributed by atoms with Gasteiger partial charge in [0.25, 0.3) is 0 Å². The highest BCUT2D eigenvalue weighted by atomic mass is 16.6. The van der Waals surface area contributed by atoms with Gasteiger partial charge in [-0.25, -0.2) is 4.79 Å². The van der Waals surface area contributed by atoms with E-state index in [1.165, 1.54) is 0 Å². The van der Waals surface area contributed by atoms with Crippen LogP contribution in [-0.4, -0.2) is 24.5 Å². The summed E-state index contributed by atoms with van der Waals surface area (Å²) in [6.07, 6.45) is 0.345. The first-order valence-electron chi connectivity index (χ1n) is 6.67. The molecule has 4 nitrogen and oxygen atoms in total. The molecule has 0 radical (unpaired) electrons. The second kappa shape index (κ2) is 6.07. The lowest BCUT2D eigenvalue weighted by Crippen LogP contribution is -2.42. The van der Waals surface area contributed by atoms with Gasteiger partial charge in [-0.05, 0) is 40.2 Å². The second-order valence-corrected chi connectivity index (χ2v) is 6.26. The number of nitrogens with one attached hydrogen (secondary N) is 1. The summed E-state index contributed by atoms with van der Waals surface area (Å²) in [5, 5.41) is 2.66. The largest absolute Gasteiger partial charge is 0.444 e.